The fourth-order valence-electron chi connectivity index (χ4n) is 11.3. The van der Waals surface area contributed by atoms with Gasteiger partial charge in [-0.2, -0.15) is 0 Å². The van der Waals surface area contributed by atoms with E-state index < -0.39 is 0 Å². The van der Waals surface area contributed by atoms with Gasteiger partial charge in [-0.25, -0.2) is 0 Å². The Labute approximate surface area is 428 Å². The lowest BCUT2D eigenvalue weighted by molar-refractivity contribution is 0.660. The number of benzene rings is 12. The zero-order valence-electron chi connectivity index (χ0n) is 41.0. The number of hydrogen-bond donors (Lipinski definition) is 0. The van der Waals surface area contributed by atoms with Crippen LogP contribution in [0.3, 0.4) is 0 Å². The number of hydrogen-bond acceptors (Lipinski definition) is 2. The molecule has 0 saturated heterocycles. The maximum Gasteiger partial charge on any atom is 0.0465 e. The molecule has 0 atom stereocenters. The molecule has 0 fully saturated rings. The third-order valence-electron chi connectivity index (χ3n) is 15.1. The average Bonchev–Trinajstić information content (AvgIpc) is 3.68. The first kappa shape index (κ1) is 43.8. The van der Waals surface area contributed by atoms with Crippen molar-refractivity contribution in [2.75, 3.05) is 9.80 Å². The van der Waals surface area contributed by atoms with Crippen LogP contribution in [0.15, 0.2) is 279 Å². The highest BCUT2D eigenvalue weighted by Crippen LogP contribution is 2.53. The minimum atomic E-state index is -0.293. The van der Waals surface area contributed by atoms with Crippen LogP contribution in [0.2, 0.25) is 0 Å². The Balaban J connectivity index is 0.887. The fraction of sp³-hybridized carbons (Fsp3) is 0.0423. The van der Waals surface area contributed by atoms with Crippen LogP contribution in [0.5, 0.6) is 0 Å². The van der Waals surface area contributed by atoms with Gasteiger partial charge in [0.1, 0.15) is 0 Å². The van der Waals surface area contributed by atoms with Crippen LogP contribution in [0.1, 0.15) is 25.0 Å². The zero-order chi connectivity index (χ0) is 48.9. The summed E-state index contributed by atoms with van der Waals surface area (Å²) in [6, 6.07) is 102. The minimum Gasteiger partial charge on any atom is -0.310 e. The molecule has 1 aliphatic rings. The summed E-state index contributed by atoms with van der Waals surface area (Å²) in [6.07, 6.45) is 0. The van der Waals surface area contributed by atoms with Gasteiger partial charge in [-0.3, -0.25) is 0 Å². The van der Waals surface area contributed by atoms with E-state index in [1.165, 1.54) is 88.3 Å². The van der Waals surface area contributed by atoms with Gasteiger partial charge >= 0.3 is 0 Å². The second kappa shape index (κ2) is 18.2. The van der Waals surface area contributed by atoms with Crippen LogP contribution in [-0.4, -0.2) is 0 Å². The molecule has 12 aromatic carbocycles. The Morgan fingerprint density at radius 2 is 0.534 bits per heavy atom. The van der Waals surface area contributed by atoms with Gasteiger partial charge in [-0.05, 0) is 161 Å². The van der Waals surface area contributed by atoms with E-state index in [2.05, 4.69) is 303 Å². The molecule has 1 aliphatic carbocycles. The molecule has 2 nitrogen and oxygen atoms in total. The van der Waals surface area contributed by atoms with Crippen molar-refractivity contribution in [3.8, 4) is 55.6 Å². The largest absolute Gasteiger partial charge is 0.310 e. The van der Waals surface area contributed by atoms with Gasteiger partial charge < -0.3 is 9.80 Å². The fourth-order valence-corrected chi connectivity index (χ4v) is 11.3. The molecule has 13 rings (SSSR count). The number of fused-ring (bicyclic) bond motifs is 5. The van der Waals surface area contributed by atoms with Crippen LogP contribution >= 0.6 is 0 Å². The number of nitrogens with zero attached hydrogens (tertiary/aromatic N) is 2. The lowest BCUT2D eigenvalue weighted by Crippen LogP contribution is -2.17. The highest BCUT2D eigenvalue weighted by molar-refractivity contribution is 5.98. The summed E-state index contributed by atoms with van der Waals surface area (Å²) in [5, 5.41) is 5.01. The molecular weight excluding hydrogens is 881 g/mol. The van der Waals surface area contributed by atoms with Crippen molar-refractivity contribution < 1.29 is 0 Å². The monoisotopic (exact) mass is 932 g/mol. The van der Waals surface area contributed by atoms with Crippen molar-refractivity contribution in [2.24, 2.45) is 0 Å². The van der Waals surface area contributed by atoms with Gasteiger partial charge in [0.2, 0.25) is 0 Å². The Morgan fingerprint density at radius 1 is 0.233 bits per heavy atom. The minimum absolute atomic E-state index is 0.293. The molecule has 0 heterocycles. The van der Waals surface area contributed by atoms with E-state index in [4.69, 9.17) is 0 Å². The Morgan fingerprint density at radius 3 is 0.918 bits per heavy atom. The summed E-state index contributed by atoms with van der Waals surface area (Å²) in [5.41, 5.74) is 21.2. The van der Waals surface area contributed by atoms with E-state index in [1.807, 2.05) is 0 Å². The van der Waals surface area contributed by atoms with Crippen molar-refractivity contribution in [3.05, 3.63) is 290 Å². The Bertz CT molecular complexity index is 3680. The Kier molecular flexibility index (Phi) is 10.9. The van der Waals surface area contributed by atoms with E-state index in [0.29, 0.717) is 0 Å². The first-order valence-corrected chi connectivity index (χ1v) is 25.3. The predicted molar refractivity (Wildman–Crippen MR) is 310 cm³/mol. The predicted octanol–water partition coefficient (Wildman–Crippen LogP) is 19.9. The highest BCUT2D eigenvalue weighted by atomic mass is 15.1. The Hall–Kier alpha value is -9.24. The van der Waals surface area contributed by atoms with E-state index in [0.717, 1.165) is 34.1 Å². The van der Waals surface area contributed by atoms with E-state index in [9.17, 15) is 0 Å². The van der Waals surface area contributed by atoms with Crippen molar-refractivity contribution >= 4 is 55.7 Å². The molecule has 0 amide bonds. The molecule has 0 bridgehead atoms. The summed E-state index contributed by atoms with van der Waals surface area (Å²) in [5.74, 6) is 0. The van der Waals surface area contributed by atoms with Crippen LogP contribution in [0.25, 0.3) is 77.2 Å². The number of anilines is 6. The second-order valence-corrected chi connectivity index (χ2v) is 19.7. The smallest absolute Gasteiger partial charge is 0.0465 e. The third kappa shape index (κ3) is 7.95. The third-order valence-corrected chi connectivity index (χ3v) is 15.1. The van der Waals surface area contributed by atoms with Crippen molar-refractivity contribution in [1.82, 2.24) is 0 Å². The first-order valence-electron chi connectivity index (χ1n) is 25.3. The highest BCUT2D eigenvalue weighted by Gasteiger charge is 2.37. The molecule has 12 aromatic rings. The topological polar surface area (TPSA) is 6.48 Å². The standard InChI is InChI=1S/C71H52N2/c1-71(2)69-47-61(72(57-35-27-51(28-36-57)49-15-5-3-6-16-49)59-39-31-55(32-40-59)65-25-13-21-53-19-9-11-23-63(53)65)43-45-67(69)68-46-44-62(48-70(68)71)73(58-37-29-52(30-38-58)50-17-7-4-8-18-50)60-41-33-56(34-42-60)66-26-14-22-54-20-10-12-24-64(54)66/h3-48H,1-2H3. The molecule has 0 aliphatic heterocycles. The summed E-state index contributed by atoms with van der Waals surface area (Å²) < 4.78 is 0. The molecule has 0 unspecified atom stereocenters. The molecule has 2 heteroatoms. The normalized spacial score (nSPS) is 12.4. The summed E-state index contributed by atoms with van der Waals surface area (Å²) in [6.45, 7) is 4.78. The molecule has 0 saturated carbocycles. The van der Waals surface area contributed by atoms with Gasteiger partial charge in [0, 0.05) is 39.5 Å². The van der Waals surface area contributed by atoms with Crippen molar-refractivity contribution in [1.29, 1.82) is 0 Å². The SMILES string of the molecule is CC1(C)c2cc(N(c3ccc(-c4ccccc4)cc3)c3ccc(-c4cccc5ccccc45)cc3)ccc2-c2ccc(N(c3ccc(-c4ccccc4)cc3)c3ccc(-c4cccc5ccccc45)cc3)cc21. The van der Waals surface area contributed by atoms with Gasteiger partial charge in [0.05, 0.1) is 0 Å². The maximum absolute atomic E-state index is 2.44. The van der Waals surface area contributed by atoms with Crippen LogP contribution in [0, 0.1) is 0 Å². The molecule has 0 N–H and O–H groups in total. The lowest BCUT2D eigenvalue weighted by atomic mass is 9.82. The number of rotatable bonds is 10. The zero-order valence-corrected chi connectivity index (χ0v) is 41.0. The van der Waals surface area contributed by atoms with Gasteiger partial charge in [0.15, 0.2) is 0 Å². The van der Waals surface area contributed by atoms with Gasteiger partial charge in [0.25, 0.3) is 0 Å². The molecule has 0 radical (unpaired) electrons. The summed E-state index contributed by atoms with van der Waals surface area (Å²) >= 11 is 0. The van der Waals surface area contributed by atoms with E-state index >= 15 is 0 Å². The van der Waals surface area contributed by atoms with Gasteiger partial charge in [-0.15, -0.1) is 0 Å². The average molecular weight is 933 g/mol. The van der Waals surface area contributed by atoms with E-state index in [-0.39, 0.29) is 5.41 Å². The maximum atomic E-state index is 2.44. The van der Waals surface area contributed by atoms with Gasteiger partial charge in [-0.1, -0.05) is 220 Å². The molecule has 0 aromatic heterocycles. The van der Waals surface area contributed by atoms with Crippen LogP contribution in [0.4, 0.5) is 34.1 Å². The second-order valence-electron chi connectivity index (χ2n) is 19.7. The lowest BCUT2D eigenvalue weighted by Gasteiger charge is -2.29. The van der Waals surface area contributed by atoms with Crippen LogP contribution in [-0.2, 0) is 5.41 Å². The first-order chi connectivity index (χ1) is 35.9. The van der Waals surface area contributed by atoms with Crippen molar-refractivity contribution in [2.45, 2.75) is 19.3 Å². The molecule has 73 heavy (non-hydrogen) atoms. The van der Waals surface area contributed by atoms with Crippen LogP contribution < -0.4 is 9.80 Å². The van der Waals surface area contributed by atoms with Crippen molar-refractivity contribution in [3.63, 3.8) is 0 Å². The molecular formula is C71H52N2. The quantitative estimate of drug-likeness (QED) is 0.135. The summed E-state index contributed by atoms with van der Waals surface area (Å²) in [7, 11) is 0. The molecule has 346 valence electrons. The van der Waals surface area contributed by atoms with E-state index in [1.54, 1.807) is 0 Å². The summed E-state index contributed by atoms with van der Waals surface area (Å²) in [4.78, 5) is 4.82. The molecule has 0 spiro atoms.